The Hall–Kier alpha value is -1.81. The molecule has 0 bridgehead atoms. The summed E-state index contributed by atoms with van der Waals surface area (Å²) in [6.45, 7) is 0.412. The molecule has 1 saturated carbocycles. The first-order valence-electron chi connectivity index (χ1n) is 7.61. The van der Waals surface area contributed by atoms with E-state index < -0.39 is 11.9 Å². The third-order valence-corrected chi connectivity index (χ3v) is 4.48. The van der Waals surface area contributed by atoms with Crippen LogP contribution in [0.4, 0.5) is 0 Å². The quantitative estimate of drug-likeness (QED) is 0.857. The van der Waals surface area contributed by atoms with Crippen molar-refractivity contribution in [2.75, 3.05) is 6.54 Å². The largest absolute Gasteiger partial charge is 0.481 e. The van der Waals surface area contributed by atoms with E-state index in [1.54, 1.807) is 0 Å². The lowest BCUT2D eigenvalue weighted by atomic mass is 9.95. The zero-order chi connectivity index (χ0) is 15.0. The van der Waals surface area contributed by atoms with Crippen LogP contribution in [0.3, 0.4) is 0 Å². The average Bonchev–Trinajstić information content (AvgIpc) is 3.25. The van der Waals surface area contributed by atoms with Gasteiger partial charge < -0.3 is 15.4 Å². The number of fused-ring (bicyclic) bond motifs is 1. The number of rotatable bonds is 6. The number of aliphatic carboxylic acids is 1. The van der Waals surface area contributed by atoms with Crippen LogP contribution < -0.4 is 5.73 Å². The Morgan fingerprint density at radius 1 is 1.48 bits per heavy atom. The minimum absolute atomic E-state index is 0.398. The van der Waals surface area contributed by atoms with Crippen molar-refractivity contribution in [3.8, 4) is 0 Å². The summed E-state index contributed by atoms with van der Waals surface area (Å²) < 4.78 is 2.09. The number of carboxylic acid groups (broad SMARTS) is 1. The van der Waals surface area contributed by atoms with E-state index in [0.717, 1.165) is 5.56 Å². The van der Waals surface area contributed by atoms with Gasteiger partial charge in [-0.2, -0.15) is 0 Å². The molecule has 1 aliphatic carbocycles. The van der Waals surface area contributed by atoms with Crippen LogP contribution in [0.5, 0.6) is 0 Å². The van der Waals surface area contributed by atoms with Crippen LogP contribution in [0.2, 0.25) is 0 Å². The molecule has 1 aromatic heterocycles. The summed E-state index contributed by atoms with van der Waals surface area (Å²) >= 11 is 0. The molecule has 0 aliphatic heterocycles. The third-order valence-electron chi connectivity index (χ3n) is 4.48. The van der Waals surface area contributed by atoms with Crippen LogP contribution in [0, 0.1) is 5.92 Å². The minimum Gasteiger partial charge on any atom is -0.481 e. The van der Waals surface area contributed by atoms with E-state index in [4.69, 9.17) is 5.73 Å². The molecule has 21 heavy (non-hydrogen) atoms. The van der Waals surface area contributed by atoms with E-state index >= 15 is 0 Å². The summed E-state index contributed by atoms with van der Waals surface area (Å²) in [5.74, 6) is -0.442. The molecular weight excluding hydrogens is 264 g/mol. The maximum Gasteiger partial charge on any atom is 0.306 e. The van der Waals surface area contributed by atoms with Gasteiger partial charge in [-0.25, -0.2) is 0 Å². The lowest BCUT2D eigenvalue weighted by Gasteiger charge is -2.10. The normalized spacial score (nSPS) is 16.3. The second-order valence-electron chi connectivity index (χ2n) is 6.13. The number of nitrogens with two attached hydrogens (primary N) is 1. The predicted octanol–water partition coefficient (Wildman–Crippen LogP) is 2.65. The molecule has 1 atom stereocenters. The van der Waals surface area contributed by atoms with Crippen LogP contribution in [-0.2, 0) is 18.3 Å². The smallest absolute Gasteiger partial charge is 0.306 e. The van der Waals surface area contributed by atoms with Gasteiger partial charge in [0.15, 0.2) is 0 Å². The maximum absolute atomic E-state index is 11.4. The molecule has 0 saturated heterocycles. The van der Waals surface area contributed by atoms with Gasteiger partial charge in [-0.15, -0.1) is 0 Å². The molecular formula is C17H22N2O2. The van der Waals surface area contributed by atoms with E-state index in [-0.39, 0.29) is 0 Å². The predicted molar refractivity (Wildman–Crippen MR) is 83.4 cm³/mol. The fourth-order valence-corrected chi connectivity index (χ4v) is 3.10. The summed E-state index contributed by atoms with van der Waals surface area (Å²) in [6, 6.07) is 6.62. The number of aromatic nitrogens is 1. The van der Waals surface area contributed by atoms with Crippen molar-refractivity contribution < 1.29 is 9.90 Å². The SMILES string of the molecule is Cn1cc(CC(CCN)C(=O)O)c2cc(C3CC3)ccc21. The molecule has 3 rings (SSSR count). The van der Waals surface area contributed by atoms with Gasteiger partial charge in [0.05, 0.1) is 5.92 Å². The Labute approximate surface area is 124 Å². The molecule has 1 fully saturated rings. The fourth-order valence-electron chi connectivity index (χ4n) is 3.10. The Balaban J connectivity index is 1.96. The van der Waals surface area contributed by atoms with Gasteiger partial charge in [0.1, 0.15) is 0 Å². The summed E-state index contributed by atoms with van der Waals surface area (Å²) in [6.07, 6.45) is 5.69. The van der Waals surface area contributed by atoms with Crippen molar-refractivity contribution in [2.24, 2.45) is 18.7 Å². The summed E-state index contributed by atoms with van der Waals surface area (Å²) in [4.78, 5) is 11.4. The van der Waals surface area contributed by atoms with Crippen LogP contribution in [0.1, 0.15) is 36.3 Å². The molecule has 2 aromatic rings. The van der Waals surface area contributed by atoms with Crippen molar-refractivity contribution >= 4 is 16.9 Å². The molecule has 112 valence electrons. The van der Waals surface area contributed by atoms with Gasteiger partial charge in [0.25, 0.3) is 0 Å². The molecule has 1 aromatic carbocycles. The summed E-state index contributed by atoms with van der Waals surface area (Å²) in [5, 5.41) is 10.5. The van der Waals surface area contributed by atoms with Crippen molar-refractivity contribution in [2.45, 2.75) is 31.6 Å². The highest BCUT2D eigenvalue weighted by Gasteiger charge is 2.25. The van der Waals surface area contributed by atoms with Crippen LogP contribution >= 0.6 is 0 Å². The summed E-state index contributed by atoms with van der Waals surface area (Å²) in [5.41, 5.74) is 9.23. The van der Waals surface area contributed by atoms with Crippen LogP contribution in [-0.4, -0.2) is 22.2 Å². The first kappa shape index (κ1) is 14.1. The van der Waals surface area contributed by atoms with Gasteiger partial charge in [-0.3, -0.25) is 4.79 Å². The Bertz CT molecular complexity index is 671. The molecule has 4 nitrogen and oxygen atoms in total. The molecule has 3 N–H and O–H groups in total. The topological polar surface area (TPSA) is 68.2 Å². The molecule has 1 heterocycles. The Morgan fingerprint density at radius 2 is 2.24 bits per heavy atom. The average molecular weight is 286 g/mol. The van der Waals surface area contributed by atoms with Crippen LogP contribution in [0.15, 0.2) is 24.4 Å². The second kappa shape index (κ2) is 5.53. The second-order valence-corrected chi connectivity index (χ2v) is 6.13. The van der Waals surface area contributed by atoms with Gasteiger partial charge in [0, 0.05) is 24.1 Å². The minimum atomic E-state index is -0.754. The van der Waals surface area contributed by atoms with E-state index in [1.807, 2.05) is 7.05 Å². The molecule has 4 heteroatoms. The van der Waals surface area contributed by atoms with Crippen molar-refractivity contribution in [3.05, 3.63) is 35.5 Å². The van der Waals surface area contributed by atoms with E-state index in [1.165, 1.54) is 29.3 Å². The number of benzene rings is 1. The zero-order valence-corrected chi connectivity index (χ0v) is 12.4. The van der Waals surface area contributed by atoms with E-state index in [2.05, 4.69) is 29.0 Å². The highest BCUT2D eigenvalue weighted by Crippen LogP contribution is 2.41. The van der Waals surface area contributed by atoms with Crippen molar-refractivity contribution in [1.29, 1.82) is 0 Å². The summed E-state index contributed by atoms with van der Waals surface area (Å²) in [7, 11) is 2.02. The lowest BCUT2D eigenvalue weighted by Crippen LogP contribution is -2.20. The number of nitrogens with zero attached hydrogens (tertiary/aromatic N) is 1. The fraction of sp³-hybridized carbons (Fsp3) is 0.471. The van der Waals surface area contributed by atoms with Gasteiger partial charge in [-0.1, -0.05) is 6.07 Å². The Kier molecular flexibility index (Phi) is 3.72. The first-order chi connectivity index (χ1) is 10.1. The number of hydrogen-bond donors (Lipinski definition) is 2. The number of hydrogen-bond acceptors (Lipinski definition) is 2. The van der Waals surface area contributed by atoms with Gasteiger partial charge in [0.2, 0.25) is 0 Å². The van der Waals surface area contributed by atoms with Gasteiger partial charge in [-0.05, 0) is 61.4 Å². The molecule has 0 spiro atoms. The maximum atomic E-state index is 11.4. The van der Waals surface area contributed by atoms with Crippen LogP contribution in [0.25, 0.3) is 10.9 Å². The third kappa shape index (κ3) is 2.81. The Morgan fingerprint density at radius 3 is 2.86 bits per heavy atom. The molecule has 1 unspecified atom stereocenters. The lowest BCUT2D eigenvalue weighted by molar-refractivity contribution is -0.141. The molecule has 0 radical (unpaired) electrons. The highest BCUT2D eigenvalue weighted by atomic mass is 16.4. The first-order valence-corrected chi connectivity index (χ1v) is 7.61. The number of aryl methyl sites for hydroxylation is 1. The number of carbonyl (C=O) groups is 1. The van der Waals surface area contributed by atoms with Crippen molar-refractivity contribution in [1.82, 2.24) is 4.57 Å². The molecule has 0 amide bonds. The number of carboxylic acids is 1. The monoisotopic (exact) mass is 286 g/mol. The zero-order valence-electron chi connectivity index (χ0n) is 12.4. The van der Waals surface area contributed by atoms with E-state index in [0.29, 0.717) is 25.3 Å². The van der Waals surface area contributed by atoms with Crippen molar-refractivity contribution in [3.63, 3.8) is 0 Å². The van der Waals surface area contributed by atoms with Gasteiger partial charge >= 0.3 is 5.97 Å². The highest BCUT2D eigenvalue weighted by molar-refractivity contribution is 5.85. The standard InChI is InChI=1S/C17H22N2O2/c1-19-10-14(8-13(6-7-18)17(20)21)15-9-12(11-2-3-11)4-5-16(15)19/h4-5,9-11,13H,2-3,6-8,18H2,1H3,(H,20,21). The van der Waals surface area contributed by atoms with E-state index in [9.17, 15) is 9.90 Å². The molecule has 1 aliphatic rings.